The first-order valence-electron chi connectivity index (χ1n) is 8.53. The number of nitriles is 1. The number of hydrogen-bond acceptors (Lipinski definition) is 4. The Bertz CT molecular complexity index is 1210. The summed E-state index contributed by atoms with van der Waals surface area (Å²) in [7, 11) is 0. The van der Waals surface area contributed by atoms with Gasteiger partial charge in [0.1, 0.15) is 5.69 Å². The Labute approximate surface area is 166 Å². The molecular formula is C21H14ClN5O. The number of amides is 1. The highest BCUT2D eigenvalue weighted by molar-refractivity contribution is 6.30. The highest BCUT2D eigenvalue weighted by Crippen LogP contribution is 2.29. The summed E-state index contributed by atoms with van der Waals surface area (Å²) in [6.45, 7) is 0. The van der Waals surface area contributed by atoms with E-state index in [1.807, 2.05) is 48.5 Å². The number of fused-ring (bicyclic) bond motifs is 1. The van der Waals surface area contributed by atoms with Gasteiger partial charge in [-0.3, -0.25) is 10.1 Å². The summed E-state index contributed by atoms with van der Waals surface area (Å²) >= 11 is 6.13. The molecule has 0 aliphatic carbocycles. The first kappa shape index (κ1) is 17.7. The third kappa shape index (κ3) is 3.43. The minimum Gasteiger partial charge on any atom is -0.266 e. The molecule has 3 aromatic heterocycles. The van der Waals surface area contributed by atoms with Crippen LogP contribution in [0.4, 0.5) is 0 Å². The van der Waals surface area contributed by atoms with Crippen molar-refractivity contribution in [3.63, 3.8) is 0 Å². The summed E-state index contributed by atoms with van der Waals surface area (Å²) < 4.78 is 1.76. The first-order chi connectivity index (χ1) is 13.7. The van der Waals surface area contributed by atoms with E-state index in [9.17, 15) is 4.79 Å². The fraction of sp³-hybridized carbons (Fsp3) is 0.0476. The van der Waals surface area contributed by atoms with Crippen LogP contribution in [0.2, 0.25) is 5.02 Å². The van der Waals surface area contributed by atoms with Gasteiger partial charge in [-0.2, -0.15) is 10.4 Å². The second kappa shape index (κ2) is 7.51. The summed E-state index contributed by atoms with van der Waals surface area (Å²) in [4.78, 5) is 16.3. The number of carbonyl (C=O) groups excluding carboxylic acids is 1. The smallest absolute Gasteiger partial charge is 0.266 e. The number of pyridine rings is 2. The fourth-order valence-electron chi connectivity index (χ4n) is 3.08. The maximum absolute atomic E-state index is 11.9. The van der Waals surface area contributed by atoms with Crippen LogP contribution < -0.4 is 5.32 Å². The van der Waals surface area contributed by atoms with Crippen LogP contribution >= 0.6 is 11.6 Å². The maximum atomic E-state index is 11.9. The molecule has 6 nitrogen and oxygen atoms in total. The maximum Gasteiger partial charge on any atom is 0.282 e. The van der Waals surface area contributed by atoms with Gasteiger partial charge in [0.2, 0.25) is 0 Å². The van der Waals surface area contributed by atoms with Crippen molar-refractivity contribution in [3.05, 3.63) is 88.8 Å². The van der Waals surface area contributed by atoms with Crippen LogP contribution in [-0.2, 0) is 6.42 Å². The van der Waals surface area contributed by atoms with Crippen LogP contribution in [0.15, 0.2) is 66.9 Å². The molecule has 0 saturated heterocycles. The second-order valence-corrected chi connectivity index (χ2v) is 6.56. The van der Waals surface area contributed by atoms with E-state index < -0.39 is 5.91 Å². The number of nitrogens with one attached hydrogen (secondary N) is 1. The van der Waals surface area contributed by atoms with Crippen LogP contribution in [0, 0.1) is 11.5 Å². The Morgan fingerprint density at radius 3 is 2.71 bits per heavy atom. The van der Waals surface area contributed by atoms with Gasteiger partial charge in [0.25, 0.3) is 5.91 Å². The quantitative estimate of drug-likeness (QED) is 0.426. The summed E-state index contributed by atoms with van der Waals surface area (Å²) in [5.41, 5.74) is 4.60. The van der Waals surface area contributed by atoms with Crippen molar-refractivity contribution < 1.29 is 4.79 Å². The summed E-state index contributed by atoms with van der Waals surface area (Å²) in [5, 5.41) is 16.0. The van der Waals surface area contributed by atoms with Crippen LogP contribution in [0.1, 0.15) is 21.7 Å². The highest BCUT2D eigenvalue weighted by atomic mass is 35.5. The van der Waals surface area contributed by atoms with E-state index in [4.69, 9.17) is 22.0 Å². The molecule has 1 aromatic carbocycles. The number of benzene rings is 1. The largest absolute Gasteiger partial charge is 0.282 e. The van der Waals surface area contributed by atoms with Crippen LogP contribution in [0.25, 0.3) is 16.8 Å². The molecule has 3 heterocycles. The Morgan fingerprint density at radius 1 is 1.11 bits per heavy atom. The molecule has 136 valence electrons. The minimum atomic E-state index is -0.528. The molecule has 0 fully saturated rings. The van der Waals surface area contributed by atoms with Gasteiger partial charge in [-0.05, 0) is 24.3 Å². The molecule has 0 atom stereocenters. The SMILES string of the molecule is N#CNC(=O)c1cccc(Cc2c(-c3ccccc3)nn3cc(Cl)ccc23)n1. The number of halogens is 1. The monoisotopic (exact) mass is 387 g/mol. The Morgan fingerprint density at radius 2 is 1.93 bits per heavy atom. The van der Waals surface area contributed by atoms with E-state index in [1.54, 1.807) is 29.0 Å². The van der Waals surface area contributed by atoms with E-state index in [1.165, 1.54) is 0 Å². The molecule has 0 bridgehead atoms. The molecule has 0 radical (unpaired) electrons. The number of nitrogens with zero attached hydrogens (tertiary/aromatic N) is 4. The van der Waals surface area contributed by atoms with Crippen molar-refractivity contribution >= 4 is 23.0 Å². The summed E-state index contributed by atoms with van der Waals surface area (Å²) in [6, 6.07) is 18.8. The first-order valence-corrected chi connectivity index (χ1v) is 8.91. The van der Waals surface area contributed by atoms with Gasteiger partial charge in [-0.15, -0.1) is 0 Å². The number of carbonyl (C=O) groups is 1. The van der Waals surface area contributed by atoms with Crippen molar-refractivity contribution in [1.82, 2.24) is 19.9 Å². The van der Waals surface area contributed by atoms with E-state index in [-0.39, 0.29) is 5.69 Å². The van der Waals surface area contributed by atoms with Crippen LogP contribution in [0.5, 0.6) is 0 Å². The lowest BCUT2D eigenvalue weighted by molar-refractivity contribution is 0.0968. The Balaban J connectivity index is 1.81. The van der Waals surface area contributed by atoms with Crippen molar-refractivity contribution in [2.24, 2.45) is 0 Å². The van der Waals surface area contributed by atoms with E-state index in [2.05, 4.69) is 10.3 Å². The van der Waals surface area contributed by atoms with Gasteiger partial charge < -0.3 is 0 Å². The molecule has 1 amide bonds. The topological polar surface area (TPSA) is 83.1 Å². The summed E-state index contributed by atoms with van der Waals surface area (Å²) in [6.07, 6.45) is 3.86. The van der Waals surface area contributed by atoms with Gasteiger partial charge in [0, 0.05) is 29.4 Å². The molecule has 28 heavy (non-hydrogen) atoms. The average Bonchev–Trinajstić information content (AvgIpc) is 3.06. The van der Waals surface area contributed by atoms with E-state index in [0.717, 1.165) is 22.3 Å². The third-order valence-corrected chi connectivity index (χ3v) is 4.53. The zero-order valence-electron chi connectivity index (χ0n) is 14.6. The predicted octanol–water partition coefficient (Wildman–Crippen LogP) is 3.85. The Kier molecular flexibility index (Phi) is 4.75. The molecule has 0 spiro atoms. The number of rotatable bonds is 4. The number of aromatic nitrogens is 3. The van der Waals surface area contributed by atoms with Gasteiger partial charge in [0.05, 0.1) is 16.2 Å². The average molecular weight is 388 g/mol. The molecule has 4 rings (SSSR count). The Hall–Kier alpha value is -3.69. The van der Waals surface area contributed by atoms with Crippen molar-refractivity contribution in [2.45, 2.75) is 6.42 Å². The van der Waals surface area contributed by atoms with Crippen molar-refractivity contribution in [1.29, 1.82) is 5.26 Å². The molecule has 7 heteroatoms. The second-order valence-electron chi connectivity index (χ2n) is 6.13. The van der Waals surface area contributed by atoms with Crippen molar-refractivity contribution in [3.8, 4) is 17.5 Å². The minimum absolute atomic E-state index is 0.194. The predicted molar refractivity (Wildman–Crippen MR) is 106 cm³/mol. The van der Waals surface area contributed by atoms with Crippen molar-refractivity contribution in [2.75, 3.05) is 0 Å². The molecule has 1 N–H and O–H groups in total. The molecule has 0 aliphatic heterocycles. The zero-order chi connectivity index (χ0) is 19.5. The van der Waals surface area contributed by atoms with Gasteiger partial charge in [0.15, 0.2) is 6.19 Å². The third-order valence-electron chi connectivity index (χ3n) is 4.31. The number of hydrogen-bond donors (Lipinski definition) is 1. The molecule has 0 saturated carbocycles. The fourth-order valence-corrected chi connectivity index (χ4v) is 3.23. The van der Waals surface area contributed by atoms with Gasteiger partial charge in [-0.25, -0.2) is 9.50 Å². The molecule has 0 aliphatic rings. The lowest BCUT2D eigenvalue weighted by Crippen LogP contribution is -2.19. The van der Waals surface area contributed by atoms with Crippen LogP contribution in [0.3, 0.4) is 0 Å². The zero-order valence-corrected chi connectivity index (χ0v) is 15.4. The molecule has 4 aromatic rings. The van der Waals surface area contributed by atoms with Crippen LogP contribution in [-0.4, -0.2) is 20.5 Å². The lowest BCUT2D eigenvalue weighted by Gasteiger charge is -2.05. The van der Waals surface area contributed by atoms with E-state index in [0.29, 0.717) is 17.1 Å². The lowest BCUT2D eigenvalue weighted by atomic mass is 10.0. The van der Waals surface area contributed by atoms with E-state index >= 15 is 0 Å². The molecular weight excluding hydrogens is 374 g/mol. The highest BCUT2D eigenvalue weighted by Gasteiger charge is 2.16. The van der Waals surface area contributed by atoms with Gasteiger partial charge in [-0.1, -0.05) is 48.0 Å². The summed E-state index contributed by atoms with van der Waals surface area (Å²) in [5.74, 6) is -0.528. The normalized spacial score (nSPS) is 10.6. The van der Waals surface area contributed by atoms with Gasteiger partial charge >= 0.3 is 0 Å². The molecule has 0 unspecified atom stereocenters. The standard InChI is InChI=1S/C21H14ClN5O/c22-15-9-10-19-17(11-16-7-4-8-18(25-16)21(28)24-13-23)20(26-27(19)12-15)14-5-2-1-3-6-14/h1-10,12H,11H2,(H,24,28).